The third-order valence-corrected chi connectivity index (χ3v) is 1.70. The molecule has 0 aromatic rings. The highest BCUT2D eigenvalue weighted by Gasteiger charge is 1.99. The standard InChI is InChI=1S/C9H19O/c1-4-5-6-7-9(2)8-10-3/h9H,3-8H2,1-2H3. The van der Waals surface area contributed by atoms with Crippen molar-refractivity contribution in [2.45, 2.75) is 39.5 Å². The average molecular weight is 143 g/mol. The highest BCUT2D eigenvalue weighted by Crippen LogP contribution is 2.08. The topological polar surface area (TPSA) is 9.23 Å². The molecule has 0 saturated carbocycles. The Kier molecular flexibility index (Phi) is 7.04. The monoisotopic (exact) mass is 143 g/mol. The maximum atomic E-state index is 4.78. The maximum Gasteiger partial charge on any atom is 0.0700 e. The molecule has 0 rings (SSSR count). The van der Waals surface area contributed by atoms with Crippen molar-refractivity contribution in [3.63, 3.8) is 0 Å². The van der Waals surface area contributed by atoms with Gasteiger partial charge in [-0.2, -0.15) is 0 Å². The number of ether oxygens (including phenoxy) is 1. The molecule has 1 unspecified atom stereocenters. The van der Waals surface area contributed by atoms with E-state index in [-0.39, 0.29) is 0 Å². The second-order valence-electron chi connectivity index (χ2n) is 2.97. The smallest absolute Gasteiger partial charge is 0.0700 e. The van der Waals surface area contributed by atoms with Crippen molar-refractivity contribution in [3.8, 4) is 0 Å². The lowest BCUT2D eigenvalue weighted by atomic mass is 10.0. The molecule has 61 valence electrons. The number of hydrogen-bond acceptors (Lipinski definition) is 1. The average Bonchev–Trinajstić information content (AvgIpc) is 1.89. The van der Waals surface area contributed by atoms with Gasteiger partial charge in [0.2, 0.25) is 0 Å². The molecule has 0 fully saturated rings. The molecule has 0 aromatic heterocycles. The molecule has 10 heavy (non-hydrogen) atoms. The molecule has 0 heterocycles. The lowest BCUT2D eigenvalue weighted by Gasteiger charge is -2.08. The van der Waals surface area contributed by atoms with Crippen LogP contribution in [0.15, 0.2) is 0 Å². The van der Waals surface area contributed by atoms with E-state index in [1.54, 1.807) is 0 Å². The van der Waals surface area contributed by atoms with Gasteiger partial charge < -0.3 is 4.74 Å². The fourth-order valence-electron chi connectivity index (χ4n) is 1.03. The second-order valence-corrected chi connectivity index (χ2v) is 2.97. The molecule has 0 amide bonds. The van der Waals surface area contributed by atoms with Gasteiger partial charge in [0.05, 0.1) is 7.11 Å². The molecule has 0 aliphatic rings. The molecule has 1 heteroatoms. The third kappa shape index (κ3) is 6.09. The van der Waals surface area contributed by atoms with Crippen LogP contribution in [0.5, 0.6) is 0 Å². The first-order chi connectivity index (χ1) is 4.81. The van der Waals surface area contributed by atoms with Crippen LogP contribution in [-0.4, -0.2) is 6.61 Å². The summed E-state index contributed by atoms with van der Waals surface area (Å²) in [5.41, 5.74) is 0. The highest BCUT2D eigenvalue weighted by atomic mass is 16.5. The molecule has 0 spiro atoms. The van der Waals surface area contributed by atoms with Crippen LogP contribution in [0.2, 0.25) is 0 Å². The van der Waals surface area contributed by atoms with Crippen LogP contribution in [0.1, 0.15) is 39.5 Å². The fourth-order valence-corrected chi connectivity index (χ4v) is 1.03. The van der Waals surface area contributed by atoms with E-state index in [2.05, 4.69) is 21.0 Å². The number of hydrogen-bond donors (Lipinski definition) is 0. The first-order valence-corrected chi connectivity index (χ1v) is 4.18. The predicted octanol–water partition coefficient (Wildman–Crippen LogP) is 3.01. The Morgan fingerprint density at radius 2 is 2.10 bits per heavy atom. The molecule has 0 aliphatic heterocycles. The Labute approximate surface area is 64.8 Å². The van der Waals surface area contributed by atoms with Crippen LogP contribution in [0.25, 0.3) is 0 Å². The van der Waals surface area contributed by atoms with Gasteiger partial charge in [-0.15, -0.1) is 0 Å². The van der Waals surface area contributed by atoms with Crippen LogP contribution >= 0.6 is 0 Å². The van der Waals surface area contributed by atoms with E-state index in [0.29, 0.717) is 5.92 Å². The Morgan fingerprint density at radius 1 is 1.40 bits per heavy atom. The lowest BCUT2D eigenvalue weighted by Crippen LogP contribution is -2.01. The molecule has 0 N–H and O–H groups in total. The van der Waals surface area contributed by atoms with Gasteiger partial charge in [-0.1, -0.05) is 33.1 Å². The van der Waals surface area contributed by atoms with Crippen molar-refractivity contribution in [2.75, 3.05) is 6.61 Å². The minimum absolute atomic E-state index is 0.684. The Balaban J connectivity index is 2.97. The molecule has 0 saturated heterocycles. The molecule has 1 nitrogen and oxygen atoms in total. The summed E-state index contributed by atoms with van der Waals surface area (Å²) in [6, 6.07) is 0. The summed E-state index contributed by atoms with van der Waals surface area (Å²) in [5.74, 6) is 0.684. The van der Waals surface area contributed by atoms with E-state index in [4.69, 9.17) is 4.74 Å². The van der Waals surface area contributed by atoms with E-state index in [0.717, 1.165) is 6.61 Å². The Morgan fingerprint density at radius 3 is 2.60 bits per heavy atom. The second kappa shape index (κ2) is 7.07. The van der Waals surface area contributed by atoms with Crippen molar-refractivity contribution >= 4 is 0 Å². The minimum Gasteiger partial charge on any atom is -0.379 e. The van der Waals surface area contributed by atoms with Gasteiger partial charge in [-0.25, -0.2) is 0 Å². The normalized spacial score (nSPS) is 13.5. The van der Waals surface area contributed by atoms with Crippen molar-refractivity contribution in [1.82, 2.24) is 0 Å². The summed E-state index contributed by atoms with van der Waals surface area (Å²) in [6.07, 6.45) is 5.27. The van der Waals surface area contributed by atoms with E-state index in [9.17, 15) is 0 Å². The number of rotatable bonds is 6. The molecule has 0 aliphatic carbocycles. The van der Waals surface area contributed by atoms with Gasteiger partial charge in [-0.05, 0) is 12.3 Å². The number of unbranched alkanes of at least 4 members (excludes halogenated alkanes) is 2. The van der Waals surface area contributed by atoms with Crippen LogP contribution in [0.4, 0.5) is 0 Å². The first kappa shape index (κ1) is 9.96. The quantitative estimate of drug-likeness (QED) is 0.519. The van der Waals surface area contributed by atoms with Crippen LogP contribution in [0.3, 0.4) is 0 Å². The molecular formula is C9H19O. The summed E-state index contributed by atoms with van der Waals surface area (Å²) in [5, 5.41) is 0. The molecule has 0 aromatic carbocycles. The highest BCUT2D eigenvalue weighted by molar-refractivity contribution is 4.51. The van der Waals surface area contributed by atoms with Gasteiger partial charge in [0, 0.05) is 6.61 Å². The summed E-state index contributed by atoms with van der Waals surface area (Å²) < 4.78 is 4.78. The summed E-state index contributed by atoms with van der Waals surface area (Å²) in [7, 11) is 3.35. The van der Waals surface area contributed by atoms with Crippen molar-refractivity contribution in [1.29, 1.82) is 0 Å². The van der Waals surface area contributed by atoms with Crippen molar-refractivity contribution < 1.29 is 4.74 Å². The molecule has 0 bridgehead atoms. The van der Waals surface area contributed by atoms with E-state index >= 15 is 0 Å². The van der Waals surface area contributed by atoms with E-state index in [1.165, 1.54) is 25.7 Å². The van der Waals surface area contributed by atoms with Gasteiger partial charge in [-0.3, -0.25) is 0 Å². The van der Waals surface area contributed by atoms with E-state index in [1.807, 2.05) is 0 Å². The SMILES string of the molecule is [CH2]OCC(C)CCCCC. The summed E-state index contributed by atoms with van der Waals surface area (Å²) in [6.45, 7) is 5.24. The van der Waals surface area contributed by atoms with Crippen LogP contribution in [-0.2, 0) is 4.74 Å². The van der Waals surface area contributed by atoms with Gasteiger partial charge in [0.25, 0.3) is 0 Å². The van der Waals surface area contributed by atoms with Crippen LogP contribution in [0, 0.1) is 13.0 Å². The minimum atomic E-state index is 0.684. The molecule has 1 atom stereocenters. The predicted molar refractivity (Wildman–Crippen MR) is 44.6 cm³/mol. The summed E-state index contributed by atoms with van der Waals surface area (Å²) in [4.78, 5) is 0. The fraction of sp³-hybridized carbons (Fsp3) is 0.889. The molecular weight excluding hydrogens is 124 g/mol. The van der Waals surface area contributed by atoms with E-state index < -0.39 is 0 Å². The van der Waals surface area contributed by atoms with Gasteiger partial charge >= 0.3 is 0 Å². The zero-order chi connectivity index (χ0) is 7.82. The molecule has 1 radical (unpaired) electrons. The Hall–Kier alpha value is -0.0400. The zero-order valence-electron chi connectivity index (χ0n) is 7.23. The van der Waals surface area contributed by atoms with Crippen LogP contribution < -0.4 is 0 Å². The maximum absolute atomic E-state index is 4.78. The zero-order valence-corrected chi connectivity index (χ0v) is 7.23. The lowest BCUT2D eigenvalue weighted by molar-refractivity contribution is 0.189. The third-order valence-electron chi connectivity index (χ3n) is 1.70. The first-order valence-electron chi connectivity index (χ1n) is 4.18. The van der Waals surface area contributed by atoms with Crippen molar-refractivity contribution in [3.05, 3.63) is 7.11 Å². The summed E-state index contributed by atoms with van der Waals surface area (Å²) >= 11 is 0. The largest absolute Gasteiger partial charge is 0.379 e. The van der Waals surface area contributed by atoms with Crippen molar-refractivity contribution in [2.24, 2.45) is 5.92 Å². The van der Waals surface area contributed by atoms with Gasteiger partial charge in [0.15, 0.2) is 0 Å². The van der Waals surface area contributed by atoms with Gasteiger partial charge in [0.1, 0.15) is 0 Å². The Bertz CT molecular complexity index is 61.7.